The minimum Gasteiger partial charge on any atom is -0.492 e. The number of hydrogen-bond acceptors (Lipinski definition) is 3. The van der Waals surface area contributed by atoms with Crippen molar-refractivity contribution in [1.29, 1.82) is 0 Å². The lowest BCUT2D eigenvalue weighted by Gasteiger charge is -2.02. The third-order valence-electron chi connectivity index (χ3n) is 2.70. The Morgan fingerprint density at radius 1 is 1.06 bits per heavy atom. The Kier molecular flexibility index (Phi) is 2.99. The first kappa shape index (κ1) is 11.2. The molecule has 0 fully saturated rings. The maximum Gasteiger partial charge on any atom is 0.146 e. The Bertz CT molecular complexity index is 661. The summed E-state index contributed by atoms with van der Waals surface area (Å²) in [5.74, 6) is 0.869. The van der Waals surface area contributed by atoms with Gasteiger partial charge in [0, 0.05) is 5.56 Å². The molecule has 0 saturated heterocycles. The molecule has 2 aromatic carbocycles. The van der Waals surface area contributed by atoms with Gasteiger partial charge in [-0.05, 0) is 19.1 Å². The van der Waals surface area contributed by atoms with E-state index in [1.807, 2.05) is 37.3 Å². The SMILES string of the molecule is CCOc1cccc2sc(-c3ccccc3)nc12. The molecule has 3 rings (SSSR count). The van der Waals surface area contributed by atoms with Gasteiger partial charge in [-0.15, -0.1) is 11.3 Å². The van der Waals surface area contributed by atoms with E-state index in [4.69, 9.17) is 9.72 Å². The predicted molar refractivity (Wildman–Crippen MR) is 76.2 cm³/mol. The molecule has 0 saturated carbocycles. The van der Waals surface area contributed by atoms with Crippen molar-refractivity contribution in [2.75, 3.05) is 6.61 Å². The number of rotatable bonds is 3. The van der Waals surface area contributed by atoms with Gasteiger partial charge in [0.1, 0.15) is 16.3 Å². The maximum atomic E-state index is 5.61. The van der Waals surface area contributed by atoms with Crippen molar-refractivity contribution in [3.63, 3.8) is 0 Å². The van der Waals surface area contributed by atoms with Gasteiger partial charge in [0.2, 0.25) is 0 Å². The minimum absolute atomic E-state index is 0.664. The number of aromatic nitrogens is 1. The normalized spacial score (nSPS) is 10.7. The lowest BCUT2D eigenvalue weighted by molar-refractivity contribution is 0.344. The fraction of sp³-hybridized carbons (Fsp3) is 0.133. The second-order valence-electron chi connectivity index (χ2n) is 3.92. The van der Waals surface area contributed by atoms with Crippen LogP contribution in [0.25, 0.3) is 20.8 Å². The summed E-state index contributed by atoms with van der Waals surface area (Å²) in [5.41, 5.74) is 2.12. The van der Waals surface area contributed by atoms with E-state index in [1.54, 1.807) is 11.3 Å². The van der Waals surface area contributed by atoms with Gasteiger partial charge in [-0.1, -0.05) is 36.4 Å². The van der Waals surface area contributed by atoms with Crippen molar-refractivity contribution in [2.24, 2.45) is 0 Å². The van der Waals surface area contributed by atoms with Gasteiger partial charge in [0.25, 0.3) is 0 Å². The van der Waals surface area contributed by atoms with Crippen molar-refractivity contribution < 1.29 is 4.74 Å². The van der Waals surface area contributed by atoms with Crippen molar-refractivity contribution in [2.45, 2.75) is 6.92 Å². The average molecular weight is 255 g/mol. The van der Waals surface area contributed by atoms with Crippen LogP contribution in [0.2, 0.25) is 0 Å². The third-order valence-corrected chi connectivity index (χ3v) is 3.77. The van der Waals surface area contributed by atoms with Crippen LogP contribution >= 0.6 is 11.3 Å². The summed E-state index contributed by atoms with van der Waals surface area (Å²) >= 11 is 1.70. The van der Waals surface area contributed by atoms with E-state index in [1.165, 1.54) is 4.70 Å². The van der Waals surface area contributed by atoms with Gasteiger partial charge in [-0.25, -0.2) is 4.98 Å². The highest BCUT2D eigenvalue weighted by molar-refractivity contribution is 7.21. The monoisotopic (exact) mass is 255 g/mol. The van der Waals surface area contributed by atoms with Crippen LogP contribution in [0.3, 0.4) is 0 Å². The second-order valence-corrected chi connectivity index (χ2v) is 4.95. The van der Waals surface area contributed by atoms with Gasteiger partial charge in [0.05, 0.1) is 11.3 Å². The zero-order valence-electron chi connectivity index (χ0n) is 10.1. The van der Waals surface area contributed by atoms with Crippen LogP contribution in [0, 0.1) is 0 Å². The first-order valence-corrected chi connectivity index (χ1v) is 6.78. The molecule has 0 spiro atoms. The molecule has 0 unspecified atom stereocenters. The van der Waals surface area contributed by atoms with Crippen LogP contribution in [0.4, 0.5) is 0 Å². The summed E-state index contributed by atoms with van der Waals surface area (Å²) < 4.78 is 6.78. The van der Waals surface area contributed by atoms with Crippen molar-refractivity contribution in [3.05, 3.63) is 48.5 Å². The first-order chi connectivity index (χ1) is 8.88. The first-order valence-electron chi connectivity index (χ1n) is 5.96. The highest BCUT2D eigenvalue weighted by Crippen LogP contribution is 2.34. The number of thiazole rings is 1. The molecule has 0 atom stereocenters. The molecule has 0 N–H and O–H groups in total. The number of benzene rings is 2. The number of hydrogen-bond donors (Lipinski definition) is 0. The van der Waals surface area contributed by atoms with Gasteiger partial charge in [-0.3, -0.25) is 0 Å². The van der Waals surface area contributed by atoms with Crippen molar-refractivity contribution in [3.8, 4) is 16.3 Å². The Morgan fingerprint density at radius 3 is 2.67 bits per heavy atom. The molecule has 1 heterocycles. The van der Waals surface area contributed by atoms with E-state index in [0.717, 1.165) is 21.8 Å². The summed E-state index contributed by atoms with van der Waals surface area (Å²) in [6, 6.07) is 16.3. The Balaban J connectivity index is 2.14. The number of para-hydroxylation sites is 1. The quantitative estimate of drug-likeness (QED) is 0.693. The molecule has 0 amide bonds. The molecule has 3 aromatic rings. The summed E-state index contributed by atoms with van der Waals surface area (Å²) in [6.07, 6.45) is 0. The second kappa shape index (κ2) is 4.78. The fourth-order valence-corrected chi connectivity index (χ4v) is 2.89. The molecule has 1 aromatic heterocycles. The molecular weight excluding hydrogens is 242 g/mol. The van der Waals surface area contributed by atoms with Crippen LogP contribution in [0.1, 0.15) is 6.92 Å². The minimum atomic E-state index is 0.664. The predicted octanol–water partition coefficient (Wildman–Crippen LogP) is 4.36. The van der Waals surface area contributed by atoms with Crippen LogP contribution in [0.5, 0.6) is 5.75 Å². The molecule has 2 nitrogen and oxygen atoms in total. The van der Waals surface area contributed by atoms with Crippen LogP contribution in [-0.4, -0.2) is 11.6 Å². The number of ether oxygens (including phenoxy) is 1. The summed E-state index contributed by atoms with van der Waals surface area (Å²) in [5, 5.41) is 1.04. The number of nitrogens with zero attached hydrogens (tertiary/aromatic N) is 1. The van der Waals surface area contributed by atoms with E-state index in [-0.39, 0.29) is 0 Å². The van der Waals surface area contributed by atoms with Gasteiger partial charge in [-0.2, -0.15) is 0 Å². The lowest BCUT2D eigenvalue weighted by atomic mass is 10.2. The smallest absolute Gasteiger partial charge is 0.146 e. The van der Waals surface area contributed by atoms with E-state index in [9.17, 15) is 0 Å². The molecule has 0 aliphatic heterocycles. The Labute approximate surface area is 110 Å². The Hall–Kier alpha value is -1.87. The highest BCUT2D eigenvalue weighted by atomic mass is 32.1. The largest absolute Gasteiger partial charge is 0.492 e. The summed E-state index contributed by atoms with van der Waals surface area (Å²) in [6.45, 7) is 2.65. The molecule has 0 bridgehead atoms. The zero-order chi connectivity index (χ0) is 12.4. The highest BCUT2D eigenvalue weighted by Gasteiger charge is 2.09. The lowest BCUT2D eigenvalue weighted by Crippen LogP contribution is -1.91. The van der Waals surface area contributed by atoms with Crippen LogP contribution in [-0.2, 0) is 0 Å². The van der Waals surface area contributed by atoms with E-state index in [2.05, 4.69) is 18.2 Å². The van der Waals surface area contributed by atoms with E-state index < -0.39 is 0 Å². The topological polar surface area (TPSA) is 22.1 Å². The van der Waals surface area contributed by atoms with Gasteiger partial charge in [0.15, 0.2) is 0 Å². The maximum absolute atomic E-state index is 5.61. The van der Waals surface area contributed by atoms with Crippen LogP contribution < -0.4 is 4.74 Å². The molecule has 18 heavy (non-hydrogen) atoms. The fourth-order valence-electron chi connectivity index (χ4n) is 1.90. The van der Waals surface area contributed by atoms with Crippen molar-refractivity contribution >= 4 is 21.6 Å². The molecular formula is C15H13NOS. The number of fused-ring (bicyclic) bond motifs is 1. The van der Waals surface area contributed by atoms with Gasteiger partial charge >= 0.3 is 0 Å². The van der Waals surface area contributed by atoms with E-state index >= 15 is 0 Å². The molecule has 0 aliphatic carbocycles. The van der Waals surface area contributed by atoms with Gasteiger partial charge < -0.3 is 4.74 Å². The summed E-state index contributed by atoms with van der Waals surface area (Å²) in [7, 11) is 0. The molecule has 3 heteroatoms. The molecule has 0 aliphatic rings. The molecule has 90 valence electrons. The van der Waals surface area contributed by atoms with Crippen LogP contribution in [0.15, 0.2) is 48.5 Å². The molecule has 0 radical (unpaired) electrons. The van der Waals surface area contributed by atoms with E-state index in [0.29, 0.717) is 6.61 Å². The standard InChI is InChI=1S/C15H13NOS/c1-2-17-12-9-6-10-13-14(12)16-15(18-13)11-7-4-3-5-8-11/h3-10H,2H2,1H3. The summed E-state index contributed by atoms with van der Waals surface area (Å²) in [4.78, 5) is 4.70. The third kappa shape index (κ3) is 1.97. The van der Waals surface area contributed by atoms with Crippen molar-refractivity contribution in [1.82, 2.24) is 4.98 Å². The zero-order valence-corrected chi connectivity index (χ0v) is 10.9. The average Bonchev–Trinajstić information content (AvgIpc) is 2.85. The Morgan fingerprint density at radius 2 is 1.89 bits per heavy atom.